The van der Waals surface area contributed by atoms with Crippen LogP contribution in [0.3, 0.4) is 0 Å². The number of rotatable bonds is 9. The van der Waals surface area contributed by atoms with Crippen LogP contribution < -0.4 is 5.32 Å². The quantitative estimate of drug-likeness (QED) is 0.515. The molecule has 0 radical (unpaired) electrons. The molecular weight excluding hydrogens is 222 g/mol. The van der Waals surface area contributed by atoms with Crippen molar-refractivity contribution < 1.29 is 19.7 Å². The largest absolute Gasteiger partial charge is 0.466 e. The minimum Gasteiger partial charge on any atom is -0.466 e. The first kappa shape index (κ1) is 16.4. The van der Waals surface area contributed by atoms with Gasteiger partial charge in [0.2, 0.25) is 0 Å². The molecule has 1 atom stereocenters. The van der Waals surface area contributed by atoms with Gasteiger partial charge in [0.1, 0.15) is 0 Å². The summed E-state index contributed by atoms with van der Waals surface area (Å²) < 4.78 is 4.73. The molecule has 0 saturated heterocycles. The zero-order chi connectivity index (χ0) is 13.3. The molecule has 3 N–H and O–H groups in total. The molecule has 0 heterocycles. The molecule has 0 aliphatic heterocycles. The number of hydrogen-bond donors (Lipinski definition) is 3. The fraction of sp³-hybridized carbons (Fsp3) is 0.917. The lowest BCUT2D eigenvalue weighted by Gasteiger charge is -2.26. The molecular formula is C12H25NO4. The second kappa shape index (κ2) is 8.44. The Bertz CT molecular complexity index is 217. The number of esters is 1. The molecule has 0 spiro atoms. The van der Waals surface area contributed by atoms with Crippen molar-refractivity contribution in [3.8, 4) is 0 Å². The van der Waals surface area contributed by atoms with Crippen LogP contribution in [0.25, 0.3) is 0 Å². The minimum atomic E-state index is -0.771. The second-order valence-corrected chi connectivity index (χ2v) is 4.23. The van der Waals surface area contributed by atoms with Crippen LogP contribution in [0, 0.1) is 0 Å². The summed E-state index contributed by atoms with van der Waals surface area (Å²) in [5.74, 6) is -0.400. The highest BCUT2D eigenvalue weighted by molar-refractivity contribution is 5.69. The van der Waals surface area contributed by atoms with Crippen LogP contribution in [0.4, 0.5) is 0 Å². The maximum Gasteiger partial charge on any atom is 0.308 e. The van der Waals surface area contributed by atoms with Gasteiger partial charge in [-0.05, 0) is 19.8 Å². The van der Waals surface area contributed by atoms with Gasteiger partial charge in [-0.15, -0.1) is 0 Å². The summed E-state index contributed by atoms with van der Waals surface area (Å²) in [6.45, 7) is 6.58. The van der Waals surface area contributed by atoms with Crippen LogP contribution in [-0.4, -0.2) is 47.6 Å². The molecule has 0 amide bonds. The summed E-state index contributed by atoms with van der Waals surface area (Å²) in [6.07, 6.45) is 0.527. The second-order valence-electron chi connectivity index (χ2n) is 4.23. The average Bonchev–Trinajstić information content (AvgIpc) is 2.29. The predicted octanol–water partition coefficient (Wildman–Crippen LogP) is 0.441. The predicted molar refractivity (Wildman–Crippen MR) is 65.7 cm³/mol. The first-order valence-corrected chi connectivity index (χ1v) is 6.24. The third kappa shape index (κ3) is 7.31. The van der Waals surface area contributed by atoms with Crippen LogP contribution in [0.2, 0.25) is 0 Å². The van der Waals surface area contributed by atoms with Crippen molar-refractivity contribution in [2.45, 2.75) is 51.7 Å². The Kier molecular flexibility index (Phi) is 8.12. The van der Waals surface area contributed by atoms with Crippen molar-refractivity contribution in [2.24, 2.45) is 0 Å². The summed E-state index contributed by atoms with van der Waals surface area (Å²) in [4.78, 5) is 11.1. The Morgan fingerprint density at radius 3 is 2.41 bits per heavy atom. The van der Waals surface area contributed by atoms with Crippen LogP contribution in [0.5, 0.6) is 0 Å². The molecule has 0 fully saturated rings. The number of aliphatic hydroxyl groups excluding tert-OH is 1. The van der Waals surface area contributed by atoms with Crippen LogP contribution in [0.15, 0.2) is 0 Å². The van der Waals surface area contributed by atoms with Gasteiger partial charge in [0.05, 0.1) is 24.7 Å². The summed E-state index contributed by atoms with van der Waals surface area (Å²) in [7, 11) is 0. The van der Waals surface area contributed by atoms with E-state index in [0.29, 0.717) is 26.0 Å². The Hall–Kier alpha value is -0.650. The molecule has 102 valence electrons. The Balaban J connectivity index is 3.77. The fourth-order valence-electron chi connectivity index (χ4n) is 1.46. The van der Waals surface area contributed by atoms with Crippen molar-refractivity contribution in [1.29, 1.82) is 0 Å². The third-order valence-electron chi connectivity index (χ3n) is 2.86. The van der Waals surface area contributed by atoms with Gasteiger partial charge in [0, 0.05) is 13.1 Å². The van der Waals surface area contributed by atoms with Gasteiger partial charge in [-0.25, -0.2) is 0 Å². The summed E-state index contributed by atoms with van der Waals surface area (Å²) >= 11 is 0. The highest BCUT2D eigenvalue weighted by atomic mass is 16.5. The molecule has 5 nitrogen and oxygen atoms in total. The SMILES string of the molecule is CCOC(=O)CC(O)CNCC(O)(CC)CC. The zero-order valence-electron chi connectivity index (χ0n) is 11.0. The summed E-state index contributed by atoms with van der Waals surface area (Å²) in [6, 6.07) is 0. The summed E-state index contributed by atoms with van der Waals surface area (Å²) in [5.41, 5.74) is -0.732. The van der Waals surface area contributed by atoms with E-state index in [1.54, 1.807) is 6.92 Å². The maximum absolute atomic E-state index is 11.1. The third-order valence-corrected chi connectivity index (χ3v) is 2.86. The van der Waals surface area contributed by atoms with Crippen molar-refractivity contribution in [2.75, 3.05) is 19.7 Å². The minimum absolute atomic E-state index is 0.0164. The van der Waals surface area contributed by atoms with Gasteiger partial charge in [-0.3, -0.25) is 4.79 Å². The number of nitrogens with one attached hydrogen (secondary N) is 1. The lowest BCUT2D eigenvalue weighted by molar-refractivity contribution is -0.145. The highest BCUT2D eigenvalue weighted by Crippen LogP contribution is 2.12. The molecule has 0 saturated carbocycles. The molecule has 1 unspecified atom stereocenters. The van der Waals surface area contributed by atoms with Gasteiger partial charge < -0.3 is 20.3 Å². The Labute approximate surface area is 103 Å². The van der Waals surface area contributed by atoms with Gasteiger partial charge in [0.25, 0.3) is 0 Å². The molecule has 0 bridgehead atoms. The fourth-order valence-corrected chi connectivity index (χ4v) is 1.46. The van der Waals surface area contributed by atoms with Crippen molar-refractivity contribution in [3.63, 3.8) is 0 Å². The van der Waals surface area contributed by atoms with E-state index in [1.807, 2.05) is 13.8 Å². The maximum atomic E-state index is 11.1. The van der Waals surface area contributed by atoms with Crippen LogP contribution in [-0.2, 0) is 9.53 Å². The molecule has 0 aromatic carbocycles. The molecule has 0 aromatic heterocycles. The van der Waals surface area contributed by atoms with Gasteiger partial charge in [0.15, 0.2) is 0 Å². The van der Waals surface area contributed by atoms with E-state index in [9.17, 15) is 15.0 Å². The Morgan fingerprint density at radius 2 is 1.94 bits per heavy atom. The smallest absolute Gasteiger partial charge is 0.308 e. The van der Waals surface area contributed by atoms with E-state index in [1.165, 1.54) is 0 Å². The van der Waals surface area contributed by atoms with E-state index < -0.39 is 17.7 Å². The first-order chi connectivity index (χ1) is 7.97. The molecule has 0 aliphatic carbocycles. The number of carbonyl (C=O) groups excluding carboxylic acids is 1. The topological polar surface area (TPSA) is 78.8 Å². The average molecular weight is 247 g/mol. The van der Waals surface area contributed by atoms with E-state index in [0.717, 1.165) is 0 Å². The lowest BCUT2D eigenvalue weighted by Crippen LogP contribution is -2.42. The first-order valence-electron chi connectivity index (χ1n) is 6.24. The molecule has 17 heavy (non-hydrogen) atoms. The van der Waals surface area contributed by atoms with Gasteiger partial charge >= 0.3 is 5.97 Å². The zero-order valence-corrected chi connectivity index (χ0v) is 11.0. The monoisotopic (exact) mass is 247 g/mol. The van der Waals surface area contributed by atoms with E-state index >= 15 is 0 Å². The molecule has 0 aliphatic rings. The van der Waals surface area contributed by atoms with E-state index in [4.69, 9.17) is 4.74 Å². The molecule has 0 rings (SSSR count). The van der Waals surface area contributed by atoms with E-state index in [-0.39, 0.29) is 13.0 Å². The molecule has 0 aromatic rings. The van der Waals surface area contributed by atoms with Crippen molar-refractivity contribution in [1.82, 2.24) is 5.32 Å². The number of ether oxygens (including phenoxy) is 1. The highest BCUT2D eigenvalue weighted by Gasteiger charge is 2.22. The number of aliphatic hydroxyl groups is 2. The van der Waals surface area contributed by atoms with Gasteiger partial charge in [-0.2, -0.15) is 0 Å². The normalized spacial score (nSPS) is 13.5. The van der Waals surface area contributed by atoms with Crippen LogP contribution in [0.1, 0.15) is 40.0 Å². The Morgan fingerprint density at radius 1 is 1.35 bits per heavy atom. The summed E-state index contributed by atoms with van der Waals surface area (Å²) in [5, 5.41) is 22.5. The van der Waals surface area contributed by atoms with Crippen molar-refractivity contribution >= 4 is 5.97 Å². The van der Waals surface area contributed by atoms with E-state index in [2.05, 4.69) is 5.32 Å². The van der Waals surface area contributed by atoms with Gasteiger partial charge in [-0.1, -0.05) is 13.8 Å². The van der Waals surface area contributed by atoms with Crippen molar-refractivity contribution in [3.05, 3.63) is 0 Å². The molecule has 5 heteroatoms. The number of carbonyl (C=O) groups is 1. The lowest BCUT2D eigenvalue weighted by atomic mass is 9.97. The number of hydrogen-bond acceptors (Lipinski definition) is 5. The standard InChI is InChI=1S/C12H25NO4/c1-4-12(16,5-2)9-13-8-10(14)7-11(15)17-6-3/h10,13-14,16H,4-9H2,1-3H3. The van der Waals surface area contributed by atoms with Crippen LogP contribution >= 0.6 is 0 Å².